The molecule has 1 amide bonds. The smallest absolute Gasteiger partial charge is 0.387 e. The second-order valence-electron chi connectivity index (χ2n) is 5.59. The van der Waals surface area contributed by atoms with Crippen molar-refractivity contribution in [3.63, 3.8) is 0 Å². The number of anilines is 2. The first-order chi connectivity index (χ1) is 12.5. The largest absolute Gasteiger partial charge is 0.435 e. The second-order valence-corrected chi connectivity index (χ2v) is 6.00. The molecule has 3 rings (SSSR count). The molecule has 5 nitrogen and oxygen atoms in total. The number of carbonyl (C=O) groups excluding carboxylic acids is 1. The number of nitrogens with zero attached hydrogens (tertiary/aromatic N) is 2. The summed E-state index contributed by atoms with van der Waals surface area (Å²) in [5.74, 6) is 0.511. The van der Waals surface area contributed by atoms with Crippen molar-refractivity contribution in [2.24, 2.45) is 0 Å². The summed E-state index contributed by atoms with van der Waals surface area (Å²) < 4.78 is 28.5. The van der Waals surface area contributed by atoms with E-state index in [1.54, 1.807) is 18.3 Å². The minimum Gasteiger partial charge on any atom is -0.435 e. The number of hydrogen-bond donors (Lipinski definition) is 1. The fourth-order valence-corrected chi connectivity index (χ4v) is 2.85. The normalized spacial score (nSPS) is 14.2. The Kier molecular flexibility index (Phi) is 5.68. The quantitative estimate of drug-likeness (QED) is 0.849. The first-order valence-corrected chi connectivity index (χ1v) is 8.31. The van der Waals surface area contributed by atoms with Gasteiger partial charge in [-0.25, -0.2) is 4.98 Å². The van der Waals surface area contributed by atoms with Gasteiger partial charge in [-0.15, -0.1) is 0 Å². The van der Waals surface area contributed by atoms with Gasteiger partial charge in [0.25, 0.3) is 5.91 Å². The lowest BCUT2D eigenvalue weighted by Crippen LogP contribution is -2.32. The Bertz CT molecular complexity index is 812. The summed E-state index contributed by atoms with van der Waals surface area (Å²) in [7, 11) is 0. The van der Waals surface area contributed by atoms with Crippen molar-refractivity contribution in [3.05, 3.63) is 59.3 Å². The Morgan fingerprint density at radius 3 is 2.65 bits per heavy atom. The number of pyridine rings is 1. The van der Waals surface area contributed by atoms with Gasteiger partial charge in [-0.1, -0.05) is 17.7 Å². The van der Waals surface area contributed by atoms with Crippen LogP contribution in [0.25, 0.3) is 0 Å². The predicted molar refractivity (Wildman–Crippen MR) is 95.9 cm³/mol. The molecule has 0 saturated carbocycles. The Morgan fingerprint density at radius 2 is 2.04 bits per heavy atom. The fourth-order valence-electron chi connectivity index (χ4n) is 2.61. The molecule has 1 aliphatic heterocycles. The minimum atomic E-state index is -2.88. The topological polar surface area (TPSA) is 54.5 Å². The number of aromatic nitrogens is 1. The molecule has 0 bridgehead atoms. The van der Waals surface area contributed by atoms with Crippen LogP contribution in [0.4, 0.5) is 20.3 Å². The lowest BCUT2D eigenvalue weighted by atomic mass is 10.1. The first kappa shape index (κ1) is 18.1. The van der Waals surface area contributed by atoms with Gasteiger partial charge in [0.2, 0.25) is 0 Å². The maximum atomic E-state index is 12.3. The lowest BCUT2D eigenvalue weighted by Gasteiger charge is -2.27. The summed E-state index contributed by atoms with van der Waals surface area (Å²) in [6, 6.07) is 9.32. The number of halogens is 3. The highest BCUT2D eigenvalue weighted by Gasteiger charge is 2.19. The molecule has 0 fully saturated rings. The van der Waals surface area contributed by atoms with Gasteiger partial charge in [0.15, 0.2) is 0 Å². The molecule has 0 unspecified atom stereocenters. The van der Waals surface area contributed by atoms with E-state index >= 15 is 0 Å². The van der Waals surface area contributed by atoms with Gasteiger partial charge in [-0.05, 0) is 42.8 Å². The molecular weight excluding hydrogens is 364 g/mol. The van der Waals surface area contributed by atoms with Crippen molar-refractivity contribution >= 4 is 29.0 Å². The van der Waals surface area contributed by atoms with Gasteiger partial charge in [0, 0.05) is 30.5 Å². The molecule has 8 heteroatoms. The van der Waals surface area contributed by atoms with Crippen molar-refractivity contribution in [1.29, 1.82) is 0 Å². The van der Waals surface area contributed by atoms with Gasteiger partial charge < -0.3 is 15.0 Å². The molecule has 2 heterocycles. The summed E-state index contributed by atoms with van der Waals surface area (Å²) in [6.07, 6.45) is 4.05. The number of nitrogens with one attached hydrogen (secondary N) is 1. The predicted octanol–water partition coefficient (Wildman–Crippen LogP) is 4.11. The van der Waals surface area contributed by atoms with Crippen LogP contribution in [0.15, 0.2) is 54.2 Å². The standard InChI is InChI=1S/C18H16ClF2N3O2/c19-15-2-1-9-22-16(15)24-10-7-12(8-11-24)17(25)23-13-3-5-14(6-4-13)26-18(20)21/h1-7,9,18H,8,10-11H2,(H,23,25). The van der Waals surface area contributed by atoms with Crippen LogP contribution in [0.1, 0.15) is 6.42 Å². The zero-order chi connectivity index (χ0) is 18.5. The third-order valence-corrected chi connectivity index (χ3v) is 4.17. The number of hydrogen-bond acceptors (Lipinski definition) is 4. The van der Waals surface area contributed by atoms with Gasteiger partial charge in [-0.2, -0.15) is 8.78 Å². The van der Waals surface area contributed by atoms with E-state index in [2.05, 4.69) is 15.0 Å². The summed E-state index contributed by atoms with van der Waals surface area (Å²) in [6.45, 7) is -1.73. The average Bonchev–Trinajstić information content (AvgIpc) is 2.63. The lowest BCUT2D eigenvalue weighted by molar-refractivity contribution is -0.113. The number of ether oxygens (including phenoxy) is 1. The van der Waals surface area contributed by atoms with Crippen molar-refractivity contribution in [2.45, 2.75) is 13.0 Å². The van der Waals surface area contributed by atoms with Crippen LogP contribution in [-0.2, 0) is 4.79 Å². The van der Waals surface area contributed by atoms with E-state index in [-0.39, 0.29) is 11.7 Å². The Hall–Kier alpha value is -2.67. The van der Waals surface area contributed by atoms with Crippen molar-refractivity contribution in [3.8, 4) is 5.75 Å². The van der Waals surface area contributed by atoms with E-state index in [9.17, 15) is 13.6 Å². The molecule has 136 valence electrons. The number of carbonyl (C=O) groups is 1. The Morgan fingerprint density at radius 1 is 1.27 bits per heavy atom. The highest BCUT2D eigenvalue weighted by Crippen LogP contribution is 2.25. The van der Waals surface area contributed by atoms with E-state index in [1.807, 2.05) is 11.0 Å². The van der Waals surface area contributed by atoms with E-state index in [0.29, 0.717) is 41.6 Å². The molecule has 1 aromatic carbocycles. The molecular formula is C18H16ClF2N3O2. The number of rotatable bonds is 5. The van der Waals surface area contributed by atoms with Crippen LogP contribution in [0.3, 0.4) is 0 Å². The first-order valence-electron chi connectivity index (χ1n) is 7.93. The van der Waals surface area contributed by atoms with Crippen LogP contribution >= 0.6 is 11.6 Å². The monoisotopic (exact) mass is 379 g/mol. The molecule has 0 spiro atoms. The molecule has 0 radical (unpaired) electrons. The molecule has 26 heavy (non-hydrogen) atoms. The fraction of sp³-hybridized carbons (Fsp3) is 0.222. The highest BCUT2D eigenvalue weighted by atomic mass is 35.5. The molecule has 2 aromatic rings. The maximum absolute atomic E-state index is 12.3. The highest BCUT2D eigenvalue weighted by molar-refractivity contribution is 6.32. The van der Waals surface area contributed by atoms with Crippen LogP contribution in [0.2, 0.25) is 5.02 Å². The van der Waals surface area contributed by atoms with E-state index in [1.165, 1.54) is 24.3 Å². The van der Waals surface area contributed by atoms with Crippen molar-refractivity contribution < 1.29 is 18.3 Å². The number of amides is 1. The molecule has 0 saturated heterocycles. The number of alkyl halides is 2. The zero-order valence-corrected chi connectivity index (χ0v) is 14.4. The van der Waals surface area contributed by atoms with Crippen LogP contribution in [0, 0.1) is 0 Å². The third-order valence-electron chi connectivity index (χ3n) is 3.88. The molecule has 1 aromatic heterocycles. The summed E-state index contributed by atoms with van der Waals surface area (Å²) in [4.78, 5) is 18.6. The molecule has 1 aliphatic rings. The van der Waals surface area contributed by atoms with Gasteiger partial charge >= 0.3 is 6.61 Å². The van der Waals surface area contributed by atoms with Crippen molar-refractivity contribution in [2.75, 3.05) is 23.3 Å². The maximum Gasteiger partial charge on any atom is 0.387 e. The van der Waals surface area contributed by atoms with Crippen LogP contribution in [-0.4, -0.2) is 30.6 Å². The van der Waals surface area contributed by atoms with E-state index in [4.69, 9.17) is 11.6 Å². The van der Waals surface area contributed by atoms with Crippen LogP contribution in [0.5, 0.6) is 5.75 Å². The molecule has 0 aliphatic carbocycles. The Balaban J connectivity index is 1.60. The minimum absolute atomic E-state index is 0.0396. The average molecular weight is 380 g/mol. The van der Waals surface area contributed by atoms with Gasteiger partial charge in [0.05, 0.1) is 5.02 Å². The number of benzene rings is 1. The summed E-state index contributed by atoms with van der Waals surface area (Å²) >= 11 is 6.15. The van der Waals surface area contributed by atoms with E-state index in [0.717, 1.165) is 0 Å². The Labute approximate surface area is 154 Å². The SMILES string of the molecule is O=C(Nc1ccc(OC(F)F)cc1)C1=CCN(c2ncccc2Cl)CC1. The summed E-state index contributed by atoms with van der Waals surface area (Å²) in [5.41, 5.74) is 1.16. The van der Waals surface area contributed by atoms with Gasteiger partial charge in [-0.3, -0.25) is 4.79 Å². The molecule has 0 atom stereocenters. The van der Waals surface area contributed by atoms with Crippen molar-refractivity contribution in [1.82, 2.24) is 4.98 Å². The third kappa shape index (κ3) is 4.49. The zero-order valence-electron chi connectivity index (χ0n) is 13.7. The van der Waals surface area contributed by atoms with Gasteiger partial charge in [0.1, 0.15) is 11.6 Å². The van der Waals surface area contributed by atoms with Crippen LogP contribution < -0.4 is 15.0 Å². The summed E-state index contributed by atoms with van der Waals surface area (Å²) in [5, 5.41) is 3.32. The second kappa shape index (κ2) is 8.14. The molecule has 1 N–H and O–H groups in total. The van der Waals surface area contributed by atoms with E-state index < -0.39 is 6.61 Å².